The molecule has 1 amide bonds. The number of furan rings is 1. The maximum atomic E-state index is 12.6. The number of carbonyl (C=O) groups is 1. The summed E-state index contributed by atoms with van der Waals surface area (Å²) in [5.74, 6) is 1.59. The van der Waals surface area contributed by atoms with Crippen molar-refractivity contribution in [2.45, 2.75) is 19.4 Å². The molecule has 1 heterocycles. The molecule has 3 rings (SSSR count). The van der Waals surface area contributed by atoms with Crippen LogP contribution >= 0.6 is 0 Å². The first-order chi connectivity index (χ1) is 11.6. The molecule has 2 aromatic carbocycles. The van der Waals surface area contributed by atoms with E-state index in [4.69, 9.17) is 9.15 Å². The lowest BCUT2D eigenvalue weighted by molar-refractivity contribution is -0.131. The van der Waals surface area contributed by atoms with E-state index in [1.54, 1.807) is 19.1 Å². The Bertz CT molecular complexity index is 820. The van der Waals surface area contributed by atoms with Gasteiger partial charge in [-0.1, -0.05) is 30.3 Å². The summed E-state index contributed by atoms with van der Waals surface area (Å²) in [5.41, 5.74) is 1.77. The van der Waals surface area contributed by atoms with Crippen LogP contribution in [0.25, 0.3) is 11.0 Å². The number of carbonyl (C=O) groups excluding carboxylic acids is 1. The third kappa shape index (κ3) is 3.27. The molecule has 0 saturated carbocycles. The Morgan fingerprint density at radius 3 is 2.71 bits per heavy atom. The first-order valence-corrected chi connectivity index (χ1v) is 7.95. The number of fused-ring (bicyclic) bond motifs is 1. The van der Waals surface area contributed by atoms with Gasteiger partial charge >= 0.3 is 0 Å². The summed E-state index contributed by atoms with van der Waals surface area (Å²) >= 11 is 0. The monoisotopic (exact) mass is 323 g/mol. The van der Waals surface area contributed by atoms with Gasteiger partial charge in [-0.25, -0.2) is 0 Å². The maximum absolute atomic E-state index is 12.6. The van der Waals surface area contributed by atoms with Crippen LogP contribution in [0.5, 0.6) is 5.75 Å². The molecular formula is C20H21NO3. The van der Waals surface area contributed by atoms with E-state index in [1.807, 2.05) is 61.5 Å². The summed E-state index contributed by atoms with van der Waals surface area (Å²) in [4.78, 5) is 14.3. The molecule has 1 aromatic heterocycles. The molecule has 0 spiro atoms. The lowest BCUT2D eigenvalue weighted by atomic mass is 10.1. The Kier molecular flexibility index (Phi) is 4.56. The number of benzene rings is 2. The Morgan fingerprint density at radius 1 is 1.17 bits per heavy atom. The maximum Gasteiger partial charge on any atom is 0.227 e. The molecule has 0 N–H and O–H groups in total. The van der Waals surface area contributed by atoms with Gasteiger partial charge in [-0.3, -0.25) is 4.79 Å². The molecule has 0 aliphatic carbocycles. The van der Waals surface area contributed by atoms with Crippen LogP contribution in [0.4, 0.5) is 0 Å². The number of amides is 1. The smallest absolute Gasteiger partial charge is 0.227 e. The first kappa shape index (κ1) is 16.1. The van der Waals surface area contributed by atoms with Gasteiger partial charge in [0.15, 0.2) is 0 Å². The minimum atomic E-state index is -0.129. The third-order valence-electron chi connectivity index (χ3n) is 4.32. The summed E-state index contributed by atoms with van der Waals surface area (Å²) in [6.45, 7) is 1.97. The summed E-state index contributed by atoms with van der Waals surface area (Å²) in [6.07, 6.45) is 0.332. The average molecular weight is 323 g/mol. The fraction of sp³-hybridized carbons (Fsp3) is 0.250. The lowest BCUT2D eigenvalue weighted by Gasteiger charge is -2.23. The zero-order valence-electron chi connectivity index (χ0n) is 14.2. The highest BCUT2D eigenvalue weighted by molar-refractivity contribution is 5.80. The normalized spacial score (nSPS) is 12.1. The predicted molar refractivity (Wildman–Crippen MR) is 94.1 cm³/mol. The van der Waals surface area contributed by atoms with Crippen molar-refractivity contribution in [2.75, 3.05) is 14.2 Å². The highest BCUT2D eigenvalue weighted by Gasteiger charge is 2.21. The summed E-state index contributed by atoms with van der Waals surface area (Å²) < 4.78 is 11.1. The van der Waals surface area contributed by atoms with Gasteiger partial charge in [-0.05, 0) is 36.8 Å². The molecule has 0 aliphatic rings. The zero-order chi connectivity index (χ0) is 17.1. The SMILES string of the molecule is COc1cccc(CC(=O)N(C)C(C)c2cc3ccccc3o2)c1. The van der Waals surface area contributed by atoms with Crippen LogP contribution in [-0.2, 0) is 11.2 Å². The number of hydrogen-bond acceptors (Lipinski definition) is 3. The van der Waals surface area contributed by atoms with Gasteiger partial charge in [0.2, 0.25) is 5.91 Å². The minimum absolute atomic E-state index is 0.0382. The van der Waals surface area contributed by atoms with Gasteiger partial charge in [-0.15, -0.1) is 0 Å². The zero-order valence-corrected chi connectivity index (χ0v) is 14.2. The van der Waals surface area contributed by atoms with Crippen molar-refractivity contribution in [3.05, 3.63) is 65.9 Å². The Hall–Kier alpha value is -2.75. The molecule has 124 valence electrons. The Morgan fingerprint density at radius 2 is 1.96 bits per heavy atom. The molecule has 0 fully saturated rings. The van der Waals surface area contributed by atoms with E-state index >= 15 is 0 Å². The standard InChI is InChI=1S/C20H21NO3/c1-14(19-13-16-8-4-5-10-18(16)24-19)21(2)20(22)12-15-7-6-9-17(11-15)23-3/h4-11,13-14H,12H2,1-3H3. The highest BCUT2D eigenvalue weighted by Crippen LogP contribution is 2.27. The van der Waals surface area contributed by atoms with Crippen LogP contribution in [0, 0.1) is 0 Å². The molecule has 4 heteroatoms. The fourth-order valence-electron chi connectivity index (χ4n) is 2.70. The van der Waals surface area contributed by atoms with E-state index in [2.05, 4.69) is 0 Å². The van der Waals surface area contributed by atoms with Gasteiger partial charge in [0.1, 0.15) is 17.1 Å². The van der Waals surface area contributed by atoms with E-state index in [1.165, 1.54) is 0 Å². The van der Waals surface area contributed by atoms with Crippen molar-refractivity contribution in [3.63, 3.8) is 0 Å². The summed E-state index contributed by atoms with van der Waals surface area (Å²) in [7, 11) is 3.43. The van der Waals surface area contributed by atoms with E-state index in [0.717, 1.165) is 28.0 Å². The molecule has 0 radical (unpaired) electrons. The Balaban J connectivity index is 1.74. The summed E-state index contributed by atoms with van der Waals surface area (Å²) in [6, 6.07) is 17.3. The number of rotatable bonds is 5. The van der Waals surface area contributed by atoms with Crippen LogP contribution in [0.15, 0.2) is 59.0 Å². The molecule has 24 heavy (non-hydrogen) atoms. The van der Waals surface area contributed by atoms with Gasteiger partial charge in [0.25, 0.3) is 0 Å². The highest BCUT2D eigenvalue weighted by atomic mass is 16.5. The number of ether oxygens (including phenoxy) is 1. The molecule has 0 aliphatic heterocycles. The van der Waals surface area contributed by atoms with Crippen molar-refractivity contribution in [1.82, 2.24) is 4.90 Å². The molecular weight excluding hydrogens is 302 g/mol. The number of hydrogen-bond donors (Lipinski definition) is 0. The van der Waals surface area contributed by atoms with Gasteiger partial charge in [0, 0.05) is 12.4 Å². The Labute approximate surface area is 141 Å². The van der Waals surface area contributed by atoms with Crippen LogP contribution in [0.1, 0.15) is 24.3 Å². The van der Waals surface area contributed by atoms with E-state index < -0.39 is 0 Å². The number of para-hydroxylation sites is 1. The second kappa shape index (κ2) is 6.79. The van der Waals surface area contributed by atoms with Crippen molar-refractivity contribution in [2.24, 2.45) is 0 Å². The third-order valence-corrected chi connectivity index (χ3v) is 4.32. The number of likely N-dealkylation sites (N-methyl/N-ethyl adjacent to an activating group) is 1. The van der Waals surface area contributed by atoms with E-state index in [9.17, 15) is 4.79 Å². The molecule has 3 aromatic rings. The van der Waals surface area contributed by atoms with Crippen LogP contribution in [0.2, 0.25) is 0 Å². The van der Waals surface area contributed by atoms with Crippen molar-refractivity contribution >= 4 is 16.9 Å². The topological polar surface area (TPSA) is 42.7 Å². The fourth-order valence-corrected chi connectivity index (χ4v) is 2.70. The molecule has 4 nitrogen and oxygen atoms in total. The molecule has 0 saturated heterocycles. The second-order valence-corrected chi connectivity index (χ2v) is 5.90. The number of nitrogens with zero attached hydrogens (tertiary/aromatic N) is 1. The lowest BCUT2D eigenvalue weighted by Crippen LogP contribution is -2.30. The molecule has 0 bridgehead atoms. The average Bonchev–Trinajstić information content (AvgIpc) is 3.04. The van der Waals surface area contributed by atoms with Gasteiger partial charge in [-0.2, -0.15) is 0 Å². The molecule has 1 unspecified atom stereocenters. The van der Waals surface area contributed by atoms with Crippen LogP contribution < -0.4 is 4.74 Å². The van der Waals surface area contributed by atoms with E-state index in [-0.39, 0.29) is 11.9 Å². The predicted octanol–water partition coefficient (Wildman–Crippen LogP) is 4.20. The minimum Gasteiger partial charge on any atom is -0.497 e. The second-order valence-electron chi connectivity index (χ2n) is 5.90. The van der Waals surface area contributed by atoms with Crippen molar-refractivity contribution < 1.29 is 13.9 Å². The van der Waals surface area contributed by atoms with Gasteiger partial charge in [0.05, 0.1) is 19.6 Å². The summed E-state index contributed by atoms with van der Waals surface area (Å²) in [5, 5.41) is 1.05. The van der Waals surface area contributed by atoms with Crippen LogP contribution in [0.3, 0.4) is 0 Å². The van der Waals surface area contributed by atoms with Crippen LogP contribution in [-0.4, -0.2) is 25.0 Å². The quantitative estimate of drug-likeness (QED) is 0.706. The van der Waals surface area contributed by atoms with Gasteiger partial charge < -0.3 is 14.1 Å². The molecule has 1 atom stereocenters. The van der Waals surface area contributed by atoms with E-state index in [0.29, 0.717) is 6.42 Å². The number of methoxy groups -OCH3 is 1. The van der Waals surface area contributed by atoms with Crippen molar-refractivity contribution in [1.29, 1.82) is 0 Å². The first-order valence-electron chi connectivity index (χ1n) is 7.95. The van der Waals surface area contributed by atoms with Crippen molar-refractivity contribution in [3.8, 4) is 5.75 Å². The largest absolute Gasteiger partial charge is 0.497 e.